The topological polar surface area (TPSA) is 73.2 Å². The quantitative estimate of drug-likeness (QED) is 0.801. The van der Waals surface area contributed by atoms with Crippen LogP contribution in [0.2, 0.25) is 0 Å². The molecule has 0 amide bonds. The molecule has 1 rings (SSSR count). The molecule has 1 saturated heterocycles. The first-order chi connectivity index (χ1) is 7.27. The van der Waals surface area contributed by atoms with Crippen molar-refractivity contribution in [2.75, 3.05) is 13.1 Å². The van der Waals surface area contributed by atoms with Crippen LogP contribution in [0.25, 0.3) is 0 Å². The van der Waals surface area contributed by atoms with Crippen molar-refractivity contribution in [1.29, 1.82) is 5.26 Å². The number of nitrogens with one attached hydrogen (secondary N) is 1. The van der Waals surface area contributed by atoms with Crippen LogP contribution in [0.1, 0.15) is 33.6 Å². The Labute approximate surface area is 97.6 Å². The van der Waals surface area contributed by atoms with E-state index in [9.17, 15) is 8.42 Å². The van der Waals surface area contributed by atoms with Crippen LogP contribution >= 0.6 is 0 Å². The van der Waals surface area contributed by atoms with E-state index in [1.165, 1.54) is 4.31 Å². The molecule has 1 N–H and O–H groups in total. The van der Waals surface area contributed by atoms with Gasteiger partial charge in [-0.3, -0.25) is 0 Å². The molecule has 1 fully saturated rings. The third-order valence-electron chi connectivity index (χ3n) is 2.62. The van der Waals surface area contributed by atoms with E-state index in [2.05, 4.69) is 4.72 Å². The Morgan fingerprint density at radius 2 is 2.12 bits per heavy atom. The third-order valence-corrected chi connectivity index (χ3v) is 4.40. The standard InChI is InChI=1S/C10H19N3O2S/c1-9-5-4-6-13(7-9)16(14,15)12-10(2,3)8-11/h9,12H,4-7H2,1-3H3. The second kappa shape index (κ2) is 4.70. The van der Waals surface area contributed by atoms with Gasteiger partial charge in [0.25, 0.3) is 10.2 Å². The van der Waals surface area contributed by atoms with E-state index in [0.29, 0.717) is 19.0 Å². The summed E-state index contributed by atoms with van der Waals surface area (Å²) in [6, 6.07) is 1.93. The Kier molecular flexibility index (Phi) is 3.94. The fourth-order valence-corrected chi connectivity index (χ4v) is 3.41. The molecule has 0 saturated carbocycles. The molecule has 0 aliphatic carbocycles. The monoisotopic (exact) mass is 245 g/mol. The van der Waals surface area contributed by atoms with Crippen molar-refractivity contribution in [3.05, 3.63) is 0 Å². The molecule has 0 aromatic heterocycles. The van der Waals surface area contributed by atoms with Gasteiger partial charge in [-0.2, -0.15) is 22.7 Å². The third kappa shape index (κ3) is 3.44. The van der Waals surface area contributed by atoms with Crippen LogP contribution in [0.4, 0.5) is 0 Å². The Hall–Kier alpha value is -0.640. The summed E-state index contributed by atoms with van der Waals surface area (Å²) in [6.45, 7) is 6.23. The summed E-state index contributed by atoms with van der Waals surface area (Å²) >= 11 is 0. The minimum atomic E-state index is -3.53. The average Bonchev–Trinajstić information content (AvgIpc) is 2.16. The van der Waals surface area contributed by atoms with E-state index in [4.69, 9.17) is 5.26 Å². The second-order valence-electron chi connectivity index (χ2n) is 4.95. The van der Waals surface area contributed by atoms with E-state index >= 15 is 0 Å². The summed E-state index contributed by atoms with van der Waals surface area (Å²) in [5.74, 6) is 0.385. The number of rotatable bonds is 3. The molecule has 6 heteroatoms. The van der Waals surface area contributed by atoms with Crippen LogP contribution in [0.15, 0.2) is 0 Å². The minimum absolute atomic E-state index is 0.385. The van der Waals surface area contributed by atoms with Crippen LogP contribution in [-0.2, 0) is 10.2 Å². The van der Waals surface area contributed by atoms with Crippen molar-refractivity contribution in [2.24, 2.45) is 5.92 Å². The second-order valence-corrected chi connectivity index (χ2v) is 6.62. The van der Waals surface area contributed by atoms with Gasteiger partial charge in [0.15, 0.2) is 0 Å². The lowest BCUT2D eigenvalue weighted by atomic mass is 10.0. The molecule has 16 heavy (non-hydrogen) atoms. The van der Waals surface area contributed by atoms with Gasteiger partial charge in [-0.15, -0.1) is 0 Å². The highest BCUT2D eigenvalue weighted by Gasteiger charge is 2.32. The van der Waals surface area contributed by atoms with Crippen LogP contribution in [0, 0.1) is 17.2 Å². The molecule has 0 bridgehead atoms. The lowest BCUT2D eigenvalue weighted by Crippen LogP contribution is -2.52. The Morgan fingerprint density at radius 1 is 1.50 bits per heavy atom. The SMILES string of the molecule is CC1CCCN(S(=O)(=O)NC(C)(C)C#N)C1. The number of hydrogen-bond donors (Lipinski definition) is 1. The summed E-state index contributed by atoms with van der Waals surface area (Å²) in [4.78, 5) is 0. The normalized spacial score (nSPS) is 24.0. The lowest BCUT2D eigenvalue weighted by Gasteiger charge is -2.32. The van der Waals surface area contributed by atoms with Gasteiger partial charge in [-0.05, 0) is 32.6 Å². The van der Waals surface area contributed by atoms with Crippen LogP contribution in [0.5, 0.6) is 0 Å². The molecule has 1 heterocycles. The fraction of sp³-hybridized carbons (Fsp3) is 0.900. The van der Waals surface area contributed by atoms with Gasteiger partial charge in [-0.1, -0.05) is 6.92 Å². The van der Waals surface area contributed by atoms with Crippen molar-refractivity contribution in [1.82, 2.24) is 9.03 Å². The van der Waals surface area contributed by atoms with E-state index in [1.807, 2.05) is 13.0 Å². The molecule has 0 aromatic carbocycles. The summed E-state index contributed by atoms with van der Waals surface area (Å²) < 4.78 is 27.8. The largest absolute Gasteiger partial charge is 0.280 e. The first kappa shape index (κ1) is 13.4. The lowest BCUT2D eigenvalue weighted by molar-refractivity contribution is 0.275. The zero-order valence-electron chi connectivity index (χ0n) is 10.0. The molecular weight excluding hydrogens is 226 g/mol. The molecule has 1 unspecified atom stereocenters. The molecule has 0 radical (unpaired) electrons. The maximum Gasteiger partial charge on any atom is 0.280 e. The van der Waals surface area contributed by atoms with Crippen molar-refractivity contribution in [3.63, 3.8) is 0 Å². The van der Waals surface area contributed by atoms with Gasteiger partial charge < -0.3 is 0 Å². The first-order valence-electron chi connectivity index (χ1n) is 5.47. The zero-order chi connectivity index (χ0) is 12.4. The van der Waals surface area contributed by atoms with Crippen molar-refractivity contribution in [2.45, 2.75) is 39.2 Å². The summed E-state index contributed by atoms with van der Waals surface area (Å²) in [7, 11) is -3.53. The highest BCUT2D eigenvalue weighted by molar-refractivity contribution is 7.87. The number of piperidine rings is 1. The summed E-state index contributed by atoms with van der Waals surface area (Å²) in [6.07, 6.45) is 1.95. The van der Waals surface area contributed by atoms with Crippen molar-refractivity contribution in [3.8, 4) is 6.07 Å². The predicted octanol–water partition coefficient (Wildman–Crippen LogP) is 0.855. The Balaban J connectivity index is 2.75. The molecule has 1 atom stereocenters. The van der Waals surface area contributed by atoms with E-state index < -0.39 is 15.7 Å². The Bertz CT molecular complexity index is 383. The summed E-state index contributed by atoms with van der Waals surface area (Å²) in [5, 5.41) is 8.81. The zero-order valence-corrected chi connectivity index (χ0v) is 10.8. The van der Waals surface area contributed by atoms with Gasteiger partial charge in [0, 0.05) is 13.1 Å². The molecular formula is C10H19N3O2S. The molecule has 1 aliphatic heterocycles. The van der Waals surface area contributed by atoms with Gasteiger partial charge in [0.05, 0.1) is 6.07 Å². The Morgan fingerprint density at radius 3 is 2.62 bits per heavy atom. The van der Waals surface area contributed by atoms with Gasteiger partial charge in [-0.25, -0.2) is 0 Å². The number of nitrogens with zero attached hydrogens (tertiary/aromatic N) is 2. The highest BCUT2D eigenvalue weighted by atomic mass is 32.2. The maximum atomic E-state index is 12.0. The minimum Gasteiger partial charge on any atom is -0.196 e. The van der Waals surface area contributed by atoms with Crippen molar-refractivity contribution >= 4 is 10.2 Å². The van der Waals surface area contributed by atoms with E-state index in [-0.39, 0.29) is 0 Å². The van der Waals surface area contributed by atoms with Gasteiger partial charge >= 0.3 is 0 Å². The van der Waals surface area contributed by atoms with Crippen LogP contribution < -0.4 is 4.72 Å². The van der Waals surface area contributed by atoms with Crippen LogP contribution in [-0.4, -0.2) is 31.4 Å². The predicted molar refractivity (Wildman–Crippen MR) is 61.7 cm³/mol. The molecule has 1 aliphatic rings. The van der Waals surface area contributed by atoms with Gasteiger partial charge in [0.1, 0.15) is 5.54 Å². The summed E-state index contributed by atoms with van der Waals surface area (Å²) in [5.41, 5.74) is -1.06. The average molecular weight is 245 g/mol. The van der Waals surface area contributed by atoms with E-state index in [0.717, 1.165) is 12.8 Å². The maximum absolute atomic E-state index is 12.0. The fourth-order valence-electron chi connectivity index (χ4n) is 1.77. The molecule has 0 aromatic rings. The van der Waals surface area contributed by atoms with Crippen molar-refractivity contribution < 1.29 is 8.42 Å². The highest BCUT2D eigenvalue weighted by Crippen LogP contribution is 2.18. The van der Waals surface area contributed by atoms with Gasteiger partial charge in [0.2, 0.25) is 0 Å². The number of nitriles is 1. The van der Waals surface area contributed by atoms with Crippen LogP contribution in [0.3, 0.4) is 0 Å². The molecule has 0 spiro atoms. The number of hydrogen-bond acceptors (Lipinski definition) is 3. The molecule has 5 nitrogen and oxygen atoms in total. The smallest absolute Gasteiger partial charge is 0.196 e. The molecule has 92 valence electrons. The van der Waals surface area contributed by atoms with E-state index in [1.54, 1.807) is 13.8 Å². The first-order valence-corrected chi connectivity index (χ1v) is 6.91.